The summed E-state index contributed by atoms with van der Waals surface area (Å²) in [5.41, 5.74) is 4.59. The van der Waals surface area contributed by atoms with Crippen molar-refractivity contribution in [1.82, 2.24) is 10.2 Å². The van der Waals surface area contributed by atoms with Crippen LogP contribution in [-0.4, -0.2) is 67.4 Å². The maximum atomic E-state index is 12.1. The number of fused-ring (bicyclic) bond motifs is 3. The number of rotatable bonds is 9. The number of alkyl carbamates (subject to hydrolysis) is 1. The number of carbonyl (C=O) groups excluding carboxylic acids is 2. The van der Waals surface area contributed by atoms with Gasteiger partial charge in [0.1, 0.15) is 19.3 Å². The van der Waals surface area contributed by atoms with Gasteiger partial charge in [0.25, 0.3) is 0 Å². The van der Waals surface area contributed by atoms with Crippen molar-refractivity contribution in [1.29, 1.82) is 0 Å². The van der Waals surface area contributed by atoms with Crippen molar-refractivity contribution >= 4 is 18.0 Å². The van der Waals surface area contributed by atoms with Gasteiger partial charge in [-0.05, 0) is 29.2 Å². The van der Waals surface area contributed by atoms with Gasteiger partial charge in [-0.2, -0.15) is 0 Å². The molecule has 1 atom stereocenters. The highest BCUT2D eigenvalue weighted by atomic mass is 16.5. The third-order valence-electron chi connectivity index (χ3n) is 5.42. The van der Waals surface area contributed by atoms with E-state index < -0.39 is 24.0 Å². The molecule has 0 aromatic heterocycles. The Morgan fingerprint density at radius 1 is 1.06 bits per heavy atom. The number of likely N-dealkylation sites (N-methyl/N-ethyl adjacent to an activating group) is 1. The zero-order chi connectivity index (χ0) is 22.4. The molecule has 0 radical (unpaired) electrons. The van der Waals surface area contributed by atoms with Gasteiger partial charge in [0.05, 0.1) is 6.61 Å². The number of hydrogen-bond donors (Lipinski definition) is 2. The molecule has 2 amide bonds. The van der Waals surface area contributed by atoms with Crippen LogP contribution in [0.25, 0.3) is 11.1 Å². The average molecular weight is 426 g/mol. The van der Waals surface area contributed by atoms with Crippen LogP contribution in [0.3, 0.4) is 0 Å². The normalized spacial score (nSPS) is 13.1. The third-order valence-corrected chi connectivity index (χ3v) is 5.42. The lowest BCUT2D eigenvalue weighted by Gasteiger charge is -2.21. The maximum Gasteiger partial charge on any atom is 0.407 e. The van der Waals surface area contributed by atoms with Crippen LogP contribution >= 0.6 is 0 Å². The smallest absolute Gasteiger partial charge is 0.407 e. The highest BCUT2D eigenvalue weighted by Crippen LogP contribution is 2.44. The van der Waals surface area contributed by atoms with Crippen LogP contribution in [0.2, 0.25) is 0 Å². The summed E-state index contributed by atoms with van der Waals surface area (Å²) >= 11 is 0. The molecule has 2 N–H and O–H groups in total. The monoisotopic (exact) mass is 426 g/mol. The molecule has 2 aromatic carbocycles. The minimum Gasteiger partial charge on any atom is -0.480 e. The number of carboxylic acid groups (broad SMARTS) is 1. The fraction of sp³-hybridized carbons (Fsp3) is 0.348. The lowest BCUT2D eigenvalue weighted by Crippen LogP contribution is -2.42. The molecule has 0 fully saturated rings. The van der Waals surface area contributed by atoms with Crippen LogP contribution in [-0.2, 0) is 19.1 Å². The fourth-order valence-corrected chi connectivity index (χ4v) is 3.52. The molecular formula is C23H26N2O6. The standard InChI is InChI=1S/C23H26N2O6/c1-15(22(27)28)25(2)21(26)14-30-12-11-24-23(29)31-13-20-18-9-5-3-7-16(18)17-8-4-6-10-19(17)20/h3-10,15,20H,11-14H2,1-2H3,(H,24,29)(H,27,28)/t15-/m0/s1. The number of carboxylic acids is 1. The number of benzene rings is 2. The quantitative estimate of drug-likeness (QED) is 0.597. The van der Waals surface area contributed by atoms with Gasteiger partial charge in [-0.3, -0.25) is 4.79 Å². The molecule has 1 aliphatic rings. The van der Waals surface area contributed by atoms with E-state index in [2.05, 4.69) is 17.4 Å². The molecule has 2 aromatic rings. The predicted molar refractivity (Wildman–Crippen MR) is 114 cm³/mol. The van der Waals surface area contributed by atoms with E-state index >= 15 is 0 Å². The van der Waals surface area contributed by atoms with Crippen molar-refractivity contribution < 1.29 is 29.0 Å². The van der Waals surface area contributed by atoms with E-state index in [-0.39, 0.29) is 32.3 Å². The first-order valence-corrected chi connectivity index (χ1v) is 10.0. The molecule has 0 saturated heterocycles. The minimum absolute atomic E-state index is 0.0150. The largest absolute Gasteiger partial charge is 0.480 e. The number of aliphatic carboxylic acids is 1. The molecular weight excluding hydrogens is 400 g/mol. The Hall–Kier alpha value is -3.39. The molecule has 0 aliphatic heterocycles. The van der Waals surface area contributed by atoms with E-state index in [9.17, 15) is 14.4 Å². The number of carbonyl (C=O) groups is 3. The number of nitrogens with one attached hydrogen (secondary N) is 1. The Morgan fingerprint density at radius 2 is 1.65 bits per heavy atom. The highest BCUT2D eigenvalue weighted by molar-refractivity contribution is 5.83. The number of hydrogen-bond acceptors (Lipinski definition) is 5. The summed E-state index contributed by atoms with van der Waals surface area (Å²) < 4.78 is 10.6. The molecule has 1 aliphatic carbocycles. The zero-order valence-electron chi connectivity index (χ0n) is 17.5. The van der Waals surface area contributed by atoms with Gasteiger partial charge in [0.2, 0.25) is 5.91 Å². The van der Waals surface area contributed by atoms with Crippen LogP contribution < -0.4 is 5.32 Å². The second-order valence-corrected chi connectivity index (χ2v) is 7.32. The summed E-state index contributed by atoms with van der Waals surface area (Å²) in [6.45, 7) is 1.64. The van der Waals surface area contributed by atoms with E-state index in [0.29, 0.717) is 0 Å². The van der Waals surface area contributed by atoms with Crippen LogP contribution in [0.4, 0.5) is 4.79 Å². The summed E-state index contributed by atoms with van der Waals surface area (Å²) in [5, 5.41) is 11.5. The molecule has 8 heteroatoms. The third kappa shape index (κ3) is 5.21. The molecule has 164 valence electrons. The summed E-state index contributed by atoms with van der Waals surface area (Å²) in [6.07, 6.45) is -0.562. The van der Waals surface area contributed by atoms with Gasteiger partial charge in [-0.15, -0.1) is 0 Å². The summed E-state index contributed by atoms with van der Waals surface area (Å²) in [5.74, 6) is -1.55. The predicted octanol–water partition coefficient (Wildman–Crippen LogP) is 2.47. The number of ether oxygens (including phenoxy) is 2. The summed E-state index contributed by atoms with van der Waals surface area (Å²) in [4.78, 5) is 35.9. The Morgan fingerprint density at radius 3 is 2.23 bits per heavy atom. The van der Waals surface area contributed by atoms with E-state index in [4.69, 9.17) is 14.6 Å². The minimum atomic E-state index is -1.09. The Labute approximate surface area is 180 Å². The Kier molecular flexibility index (Phi) is 7.25. The first-order chi connectivity index (χ1) is 14.9. The topological polar surface area (TPSA) is 105 Å². The van der Waals surface area contributed by atoms with E-state index in [1.54, 1.807) is 0 Å². The van der Waals surface area contributed by atoms with E-state index in [0.717, 1.165) is 27.2 Å². The van der Waals surface area contributed by atoms with Gasteiger partial charge in [0.15, 0.2) is 0 Å². The molecule has 0 unspecified atom stereocenters. The zero-order valence-corrected chi connectivity index (χ0v) is 17.5. The lowest BCUT2D eigenvalue weighted by molar-refractivity contribution is -0.150. The molecule has 0 heterocycles. The second-order valence-electron chi connectivity index (χ2n) is 7.32. The van der Waals surface area contributed by atoms with Gasteiger partial charge in [-0.25, -0.2) is 9.59 Å². The van der Waals surface area contributed by atoms with Crippen LogP contribution in [0.1, 0.15) is 24.0 Å². The summed E-state index contributed by atoms with van der Waals surface area (Å²) in [7, 11) is 1.40. The van der Waals surface area contributed by atoms with Crippen LogP contribution in [0.5, 0.6) is 0 Å². The van der Waals surface area contributed by atoms with E-state index in [1.807, 2.05) is 36.4 Å². The molecule has 0 spiro atoms. The average Bonchev–Trinajstić information content (AvgIpc) is 3.10. The SMILES string of the molecule is C[C@@H](C(=O)O)N(C)C(=O)COCCNC(=O)OCC1c2ccccc2-c2ccccc21. The lowest BCUT2D eigenvalue weighted by atomic mass is 9.98. The van der Waals surface area contributed by atoms with Crippen molar-refractivity contribution in [3.05, 3.63) is 59.7 Å². The molecule has 3 rings (SSSR count). The number of nitrogens with zero attached hydrogens (tertiary/aromatic N) is 1. The van der Waals surface area contributed by atoms with Gasteiger partial charge >= 0.3 is 12.1 Å². The molecule has 8 nitrogen and oxygen atoms in total. The fourth-order valence-electron chi connectivity index (χ4n) is 3.52. The van der Waals surface area contributed by atoms with E-state index in [1.165, 1.54) is 14.0 Å². The van der Waals surface area contributed by atoms with Crippen molar-refractivity contribution in [2.45, 2.75) is 18.9 Å². The van der Waals surface area contributed by atoms with Crippen molar-refractivity contribution in [3.8, 4) is 11.1 Å². The Balaban J connectivity index is 1.41. The van der Waals surface area contributed by atoms with Crippen LogP contribution in [0, 0.1) is 0 Å². The second kappa shape index (κ2) is 10.1. The first kappa shape index (κ1) is 22.3. The van der Waals surface area contributed by atoms with Crippen molar-refractivity contribution in [3.63, 3.8) is 0 Å². The van der Waals surface area contributed by atoms with Crippen molar-refractivity contribution in [2.24, 2.45) is 0 Å². The first-order valence-electron chi connectivity index (χ1n) is 10.0. The van der Waals surface area contributed by atoms with Crippen molar-refractivity contribution in [2.75, 3.05) is 33.4 Å². The number of amides is 2. The van der Waals surface area contributed by atoms with Gasteiger partial charge < -0.3 is 24.8 Å². The molecule has 0 bridgehead atoms. The molecule has 31 heavy (non-hydrogen) atoms. The summed E-state index contributed by atoms with van der Waals surface area (Å²) in [6, 6.07) is 15.3. The van der Waals surface area contributed by atoms with Gasteiger partial charge in [-0.1, -0.05) is 48.5 Å². The maximum absolute atomic E-state index is 12.1. The van der Waals surface area contributed by atoms with Crippen LogP contribution in [0.15, 0.2) is 48.5 Å². The molecule has 0 saturated carbocycles. The highest BCUT2D eigenvalue weighted by Gasteiger charge is 2.29. The van der Waals surface area contributed by atoms with Gasteiger partial charge in [0, 0.05) is 19.5 Å². The Bertz CT molecular complexity index is 915.